The lowest BCUT2D eigenvalue weighted by molar-refractivity contribution is 0.921. The zero-order valence-corrected chi connectivity index (χ0v) is 8.72. The molecule has 0 unspecified atom stereocenters. The summed E-state index contributed by atoms with van der Waals surface area (Å²) < 4.78 is 0. The zero-order chi connectivity index (χ0) is 9.40. The SMILES string of the molecule is C.C.C.CC.CCCc1ccc(C)cc1. The number of hydrogen-bond acceptors (Lipinski definition) is 0. The van der Waals surface area contributed by atoms with Gasteiger partial charge in [0.15, 0.2) is 0 Å². The van der Waals surface area contributed by atoms with Crippen molar-refractivity contribution in [2.24, 2.45) is 0 Å². The van der Waals surface area contributed by atoms with E-state index < -0.39 is 0 Å². The molecule has 0 aliphatic heterocycles. The van der Waals surface area contributed by atoms with Gasteiger partial charge in [-0.15, -0.1) is 0 Å². The van der Waals surface area contributed by atoms with E-state index in [1.54, 1.807) is 0 Å². The van der Waals surface area contributed by atoms with Crippen LogP contribution in [0.2, 0.25) is 0 Å². The highest BCUT2D eigenvalue weighted by atomic mass is 13.9. The van der Waals surface area contributed by atoms with E-state index >= 15 is 0 Å². The number of hydrogen-bond donors (Lipinski definition) is 0. The normalized spacial score (nSPS) is 6.93. The van der Waals surface area contributed by atoms with Crippen molar-refractivity contribution in [2.75, 3.05) is 0 Å². The lowest BCUT2D eigenvalue weighted by atomic mass is 10.1. The summed E-state index contributed by atoms with van der Waals surface area (Å²) in [7, 11) is 0. The highest BCUT2D eigenvalue weighted by Crippen LogP contribution is 2.04. The van der Waals surface area contributed by atoms with Crippen LogP contribution in [0.15, 0.2) is 24.3 Å². The third kappa shape index (κ3) is 11.1. The van der Waals surface area contributed by atoms with Gasteiger partial charge in [-0.2, -0.15) is 0 Å². The lowest BCUT2D eigenvalue weighted by Crippen LogP contribution is -1.81. The van der Waals surface area contributed by atoms with E-state index in [0.29, 0.717) is 0 Å². The van der Waals surface area contributed by atoms with Gasteiger partial charge < -0.3 is 0 Å². The van der Waals surface area contributed by atoms with E-state index in [4.69, 9.17) is 0 Å². The first kappa shape index (κ1) is 23.8. The molecule has 0 saturated heterocycles. The molecule has 0 bridgehead atoms. The first-order valence-electron chi connectivity index (χ1n) is 4.88. The van der Waals surface area contributed by atoms with Crippen LogP contribution >= 0.6 is 0 Å². The van der Waals surface area contributed by atoms with E-state index in [9.17, 15) is 0 Å². The fraction of sp³-hybridized carbons (Fsp3) is 0.600. The number of aryl methyl sites for hydroxylation is 2. The van der Waals surface area contributed by atoms with Gasteiger partial charge in [-0.25, -0.2) is 0 Å². The second-order valence-electron chi connectivity index (χ2n) is 2.74. The van der Waals surface area contributed by atoms with Crippen LogP contribution in [-0.4, -0.2) is 0 Å². The maximum absolute atomic E-state index is 2.21. The molecule has 0 radical (unpaired) electrons. The van der Waals surface area contributed by atoms with E-state index in [1.165, 1.54) is 24.0 Å². The summed E-state index contributed by atoms with van der Waals surface area (Å²) >= 11 is 0. The Hall–Kier alpha value is -0.780. The van der Waals surface area contributed by atoms with Gasteiger partial charge in [-0.05, 0) is 18.9 Å². The van der Waals surface area contributed by atoms with Crippen molar-refractivity contribution in [2.45, 2.75) is 62.8 Å². The maximum atomic E-state index is 2.21. The Labute approximate surface area is 98.7 Å². The first-order chi connectivity index (χ1) is 5.83. The summed E-state index contributed by atoms with van der Waals surface area (Å²) in [5, 5.41) is 0. The lowest BCUT2D eigenvalue weighted by Gasteiger charge is -1.97. The van der Waals surface area contributed by atoms with Gasteiger partial charge in [0.05, 0.1) is 0 Å². The predicted octanol–water partition coefficient (Wildman–Crippen LogP) is 5.88. The molecular weight excluding hydrogens is 180 g/mol. The molecule has 0 nitrogen and oxygen atoms in total. The molecule has 0 aliphatic rings. The molecule has 0 fully saturated rings. The van der Waals surface area contributed by atoms with Crippen LogP contribution in [0, 0.1) is 6.92 Å². The molecule has 92 valence electrons. The topological polar surface area (TPSA) is 0 Å². The molecular formula is C15H32. The Morgan fingerprint density at radius 3 is 1.60 bits per heavy atom. The van der Waals surface area contributed by atoms with Crippen molar-refractivity contribution >= 4 is 0 Å². The Kier molecular flexibility index (Phi) is 24.9. The van der Waals surface area contributed by atoms with Crippen molar-refractivity contribution in [3.8, 4) is 0 Å². The number of benzene rings is 1. The highest BCUT2D eigenvalue weighted by Gasteiger charge is 1.87. The molecule has 0 atom stereocenters. The van der Waals surface area contributed by atoms with E-state index in [0.717, 1.165) is 0 Å². The summed E-state index contributed by atoms with van der Waals surface area (Å²) in [6.45, 7) is 8.33. The fourth-order valence-corrected chi connectivity index (χ4v) is 1.04. The first-order valence-corrected chi connectivity index (χ1v) is 4.88. The quantitative estimate of drug-likeness (QED) is 0.574. The Morgan fingerprint density at radius 2 is 1.27 bits per heavy atom. The summed E-state index contributed by atoms with van der Waals surface area (Å²) in [6.07, 6.45) is 2.45. The Bertz CT molecular complexity index is 184. The second kappa shape index (κ2) is 15.7. The van der Waals surface area contributed by atoms with Crippen molar-refractivity contribution in [3.05, 3.63) is 35.4 Å². The Balaban J connectivity index is -0.000000114. The minimum atomic E-state index is 0. The van der Waals surface area contributed by atoms with Crippen molar-refractivity contribution in [3.63, 3.8) is 0 Å². The van der Waals surface area contributed by atoms with Gasteiger partial charge in [-0.1, -0.05) is 79.3 Å². The van der Waals surface area contributed by atoms with Crippen molar-refractivity contribution in [1.82, 2.24) is 0 Å². The molecule has 0 aromatic heterocycles. The third-order valence-corrected chi connectivity index (χ3v) is 1.66. The third-order valence-electron chi connectivity index (χ3n) is 1.66. The van der Waals surface area contributed by atoms with E-state index in [2.05, 4.69) is 38.1 Å². The number of rotatable bonds is 2. The summed E-state index contributed by atoms with van der Waals surface area (Å²) in [6, 6.07) is 8.76. The molecule has 0 heterocycles. The standard InChI is InChI=1S/C10H14.C2H6.3CH4/c1-3-4-10-7-5-9(2)6-8-10;1-2;;;/h5-8H,3-4H2,1-2H3;1-2H3;3*1H4. The smallest absolute Gasteiger partial charge is 0.0281 e. The zero-order valence-electron chi connectivity index (χ0n) is 8.72. The van der Waals surface area contributed by atoms with Crippen LogP contribution in [-0.2, 0) is 6.42 Å². The van der Waals surface area contributed by atoms with Gasteiger partial charge in [0, 0.05) is 0 Å². The second-order valence-corrected chi connectivity index (χ2v) is 2.74. The summed E-state index contributed by atoms with van der Waals surface area (Å²) in [5.41, 5.74) is 2.80. The molecule has 0 saturated carbocycles. The van der Waals surface area contributed by atoms with Gasteiger partial charge in [0.25, 0.3) is 0 Å². The van der Waals surface area contributed by atoms with Crippen LogP contribution in [0.4, 0.5) is 0 Å². The largest absolute Gasteiger partial charge is 0.0776 e. The van der Waals surface area contributed by atoms with E-state index in [1.807, 2.05) is 13.8 Å². The minimum Gasteiger partial charge on any atom is -0.0776 e. The fourth-order valence-electron chi connectivity index (χ4n) is 1.04. The minimum absolute atomic E-state index is 0. The molecule has 1 aromatic rings. The average Bonchev–Trinajstić information content (AvgIpc) is 2.13. The molecule has 0 aliphatic carbocycles. The van der Waals surface area contributed by atoms with Gasteiger partial charge in [-0.3, -0.25) is 0 Å². The van der Waals surface area contributed by atoms with Crippen LogP contribution in [0.1, 0.15) is 60.6 Å². The molecule has 0 heteroatoms. The van der Waals surface area contributed by atoms with E-state index in [-0.39, 0.29) is 22.3 Å². The molecule has 1 aromatic carbocycles. The molecule has 1 rings (SSSR count). The molecule has 0 N–H and O–H groups in total. The van der Waals surface area contributed by atoms with Crippen LogP contribution < -0.4 is 0 Å². The maximum Gasteiger partial charge on any atom is -0.0281 e. The Morgan fingerprint density at radius 1 is 0.867 bits per heavy atom. The molecule has 0 spiro atoms. The molecule has 0 amide bonds. The highest BCUT2D eigenvalue weighted by molar-refractivity contribution is 5.21. The van der Waals surface area contributed by atoms with Gasteiger partial charge >= 0.3 is 0 Å². The molecule has 15 heavy (non-hydrogen) atoms. The van der Waals surface area contributed by atoms with Crippen LogP contribution in [0.25, 0.3) is 0 Å². The van der Waals surface area contributed by atoms with Crippen LogP contribution in [0.5, 0.6) is 0 Å². The average molecular weight is 212 g/mol. The predicted molar refractivity (Wildman–Crippen MR) is 76.7 cm³/mol. The summed E-state index contributed by atoms with van der Waals surface area (Å²) in [4.78, 5) is 0. The van der Waals surface area contributed by atoms with Crippen LogP contribution in [0.3, 0.4) is 0 Å². The van der Waals surface area contributed by atoms with Gasteiger partial charge in [0.2, 0.25) is 0 Å². The van der Waals surface area contributed by atoms with Crippen molar-refractivity contribution in [1.29, 1.82) is 0 Å². The van der Waals surface area contributed by atoms with Gasteiger partial charge in [0.1, 0.15) is 0 Å². The monoisotopic (exact) mass is 212 g/mol. The summed E-state index contributed by atoms with van der Waals surface area (Å²) in [5.74, 6) is 0. The van der Waals surface area contributed by atoms with Crippen molar-refractivity contribution < 1.29 is 0 Å².